The number of methoxy groups -OCH3 is 1. The van der Waals surface area contributed by atoms with E-state index in [1.165, 1.54) is 7.11 Å². The molecular formula is C18H21ClN6O2S. The average molecular weight is 421 g/mol. The highest BCUT2D eigenvalue weighted by atomic mass is 35.5. The molecular weight excluding hydrogens is 400 g/mol. The van der Waals surface area contributed by atoms with Crippen LogP contribution < -0.4 is 15.6 Å². The lowest BCUT2D eigenvalue weighted by atomic mass is 10.2. The van der Waals surface area contributed by atoms with E-state index in [2.05, 4.69) is 25.3 Å². The summed E-state index contributed by atoms with van der Waals surface area (Å²) in [7, 11) is 1.47. The van der Waals surface area contributed by atoms with Crippen LogP contribution in [0, 0.1) is 0 Å². The number of hydrogen-bond acceptors (Lipinski definition) is 8. The third-order valence-electron chi connectivity index (χ3n) is 4.37. The summed E-state index contributed by atoms with van der Waals surface area (Å²) in [4.78, 5) is 31.3. The van der Waals surface area contributed by atoms with Crippen LogP contribution in [-0.2, 0) is 6.54 Å². The van der Waals surface area contributed by atoms with Gasteiger partial charge in [0, 0.05) is 17.1 Å². The molecule has 0 aliphatic rings. The minimum absolute atomic E-state index is 0.00129. The van der Waals surface area contributed by atoms with Gasteiger partial charge in [0.2, 0.25) is 11.2 Å². The molecule has 0 spiro atoms. The molecule has 1 N–H and O–H groups in total. The minimum Gasteiger partial charge on any atom is -0.479 e. The monoisotopic (exact) mass is 420 g/mol. The van der Waals surface area contributed by atoms with Gasteiger partial charge in [0.25, 0.3) is 5.56 Å². The van der Waals surface area contributed by atoms with E-state index < -0.39 is 0 Å². The summed E-state index contributed by atoms with van der Waals surface area (Å²) in [6, 6.07) is 3.79. The molecule has 3 rings (SSSR count). The molecule has 0 amide bonds. The van der Waals surface area contributed by atoms with Crippen molar-refractivity contribution in [3.63, 3.8) is 0 Å². The molecule has 0 saturated heterocycles. The lowest BCUT2D eigenvalue weighted by molar-refractivity contribution is 0.400. The minimum atomic E-state index is -0.278. The highest BCUT2D eigenvalue weighted by Gasteiger charge is 2.20. The quantitative estimate of drug-likeness (QED) is 0.458. The highest BCUT2D eigenvalue weighted by molar-refractivity contribution is 7.98. The van der Waals surface area contributed by atoms with Gasteiger partial charge in [0.05, 0.1) is 19.3 Å². The molecule has 0 saturated carbocycles. The van der Waals surface area contributed by atoms with E-state index >= 15 is 0 Å². The van der Waals surface area contributed by atoms with Crippen LogP contribution in [0.15, 0.2) is 28.0 Å². The summed E-state index contributed by atoms with van der Waals surface area (Å²) >= 11 is 7.63. The van der Waals surface area contributed by atoms with Crippen molar-refractivity contribution in [1.82, 2.24) is 24.5 Å². The van der Waals surface area contributed by atoms with Gasteiger partial charge < -0.3 is 10.1 Å². The predicted molar refractivity (Wildman–Crippen MR) is 112 cm³/mol. The van der Waals surface area contributed by atoms with E-state index in [0.717, 1.165) is 17.0 Å². The van der Waals surface area contributed by atoms with Gasteiger partial charge in [-0.2, -0.15) is 9.97 Å². The van der Waals surface area contributed by atoms with Gasteiger partial charge in [-0.3, -0.25) is 14.3 Å². The Morgan fingerprint density at radius 1 is 1.32 bits per heavy atom. The molecule has 0 aromatic carbocycles. The molecule has 0 radical (unpaired) electrons. The molecule has 3 heterocycles. The van der Waals surface area contributed by atoms with E-state index in [4.69, 9.17) is 16.3 Å². The van der Waals surface area contributed by atoms with Crippen LogP contribution in [0.2, 0.25) is 5.28 Å². The van der Waals surface area contributed by atoms with Crippen molar-refractivity contribution in [1.29, 1.82) is 0 Å². The normalized spacial score (nSPS) is 12.2. The first kappa shape index (κ1) is 20.3. The molecule has 1 atom stereocenters. The lowest BCUT2D eigenvalue weighted by Gasteiger charge is -2.18. The summed E-state index contributed by atoms with van der Waals surface area (Å²) in [5.41, 5.74) is 1.25. The van der Waals surface area contributed by atoms with E-state index in [-0.39, 0.29) is 28.6 Å². The fourth-order valence-electron chi connectivity index (χ4n) is 2.69. The first-order valence-electron chi connectivity index (χ1n) is 8.75. The van der Waals surface area contributed by atoms with Gasteiger partial charge in [-0.25, -0.2) is 4.98 Å². The number of anilines is 1. The Hall–Kier alpha value is -2.39. The number of halogens is 1. The van der Waals surface area contributed by atoms with E-state index in [1.807, 2.05) is 32.2 Å². The highest BCUT2D eigenvalue weighted by Crippen LogP contribution is 2.25. The molecule has 10 heteroatoms. The Labute approximate surface area is 171 Å². The van der Waals surface area contributed by atoms with E-state index in [1.54, 1.807) is 22.5 Å². The number of hydrogen-bond donors (Lipinski definition) is 1. The van der Waals surface area contributed by atoms with Gasteiger partial charge in [-0.15, -0.1) is 11.8 Å². The van der Waals surface area contributed by atoms with Crippen LogP contribution in [0.1, 0.15) is 32.0 Å². The van der Waals surface area contributed by atoms with Crippen LogP contribution in [0.4, 0.5) is 5.82 Å². The van der Waals surface area contributed by atoms with Crippen molar-refractivity contribution in [3.8, 4) is 5.88 Å². The third kappa shape index (κ3) is 4.05. The number of nitrogens with zero attached hydrogens (tertiary/aromatic N) is 5. The lowest BCUT2D eigenvalue weighted by Crippen LogP contribution is -2.28. The Morgan fingerprint density at radius 2 is 2.11 bits per heavy atom. The van der Waals surface area contributed by atoms with Crippen molar-refractivity contribution in [2.24, 2.45) is 0 Å². The van der Waals surface area contributed by atoms with Crippen molar-refractivity contribution >= 4 is 40.3 Å². The smallest absolute Gasteiger partial charge is 0.295 e. The van der Waals surface area contributed by atoms with Crippen molar-refractivity contribution in [2.45, 2.75) is 37.8 Å². The molecule has 0 aliphatic heterocycles. The van der Waals surface area contributed by atoms with Gasteiger partial charge >= 0.3 is 0 Å². The van der Waals surface area contributed by atoms with Crippen LogP contribution in [0.5, 0.6) is 5.88 Å². The number of thioether (sulfide) groups is 1. The number of nitrogens with one attached hydrogen (secondary N) is 1. The fourth-order valence-corrected chi connectivity index (χ4v) is 3.21. The second kappa shape index (κ2) is 8.74. The Bertz CT molecular complexity index is 1040. The van der Waals surface area contributed by atoms with Crippen LogP contribution in [-0.4, -0.2) is 37.9 Å². The van der Waals surface area contributed by atoms with Crippen molar-refractivity contribution < 1.29 is 4.74 Å². The molecule has 3 aromatic rings. The van der Waals surface area contributed by atoms with Gasteiger partial charge in [0.1, 0.15) is 0 Å². The number of rotatable bonds is 7. The first-order valence-corrected chi connectivity index (χ1v) is 10.3. The maximum atomic E-state index is 13.1. The SMILES string of the molecule is CC[C@@H](C)n1c(=O)c(NCc2ccc(SC)cn2)nc2c(OC)nc(Cl)nc21. The third-order valence-corrected chi connectivity index (χ3v) is 5.26. The summed E-state index contributed by atoms with van der Waals surface area (Å²) in [6.07, 6.45) is 4.53. The first-order chi connectivity index (χ1) is 13.5. The largest absolute Gasteiger partial charge is 0.479 e. The topological polar surface area (TPSA) is 94.8 Å². The molecule has 0 fully saturated rings. The average Bonchev–Trinajstić information content (AvgIpc) is 2.71. The standard InChI is InChI=1S/C18H21ClN6O2S/c1-5-10(2)25-15-13(16(27-3)24-18(19)23-15)22-14(17(25)26)21-8-11-6-7-12(28-4)9-20-11/h6-7,9-10H,5,8H2,1-4H3,(H,21,22)/t10-/m1/s1. The molecule has 0 unspecified atom stereocenters. The molecule has 0 bridgehead atoms. The number of fused-ring (bicyclic) bond motifs is 1. The predicted octanol–water partition coefficient (Wildman–Crippen LogP) is 3.55. The molecule has 28 heavy (non-hydrogen) atoms. The molecule has 3 aromatic heterocycles. The van der Waals surface area contributed by atoms with Crippen LogP contribution in [0.25, 0.3) is 11.2 Å². The Balaban J connectivity index is 2.07. The number of pyridine rings is 1. The Kier molecular flexibility index (Phi) is 6.35. The molecule has 0 aliphatic carbocycles. The molecule has 8 nitrogen and oxygen atoms in total. The van der Waals surface area contributed by atoms with Crippen LogP contribution in [0.3, 0.4) is 0 Å². The summed E-state index contributed by atoms with van der Waals surface area (Å²) in [5, 5.41) is 3.09. The van der Waals surface area contributed by atoms with Gasteiger partial charge in [-0.05, 0) is 43.3 Å². The summed E-state index contributed by atoms with van der Waals surface area (Å²) < 4.78 is 6.88. The van der Waals surface area contributed by atoms with Crippen molar-refractivity contribution in [2.75, 3.05) is 18.7 Å². The van der Waals surface area contributed by atoms with E-state index in [9.17, 15) is 4.79 Å². The molecule has 148 valence electrons. The second-order valence-electron chi connectivity index (χ2n) is 6.11. The maximum Gasteiger partial charge on any atom is 0.295 e. The zero-order valence-electron chi connectivity index (χ0n) is 16.1. The summed E-state index contributed by atoms with van der Waals surface area (Å²) in [5.74, 6) is 0.408. The van der Waals surface area contributed by atoms with E-state index in [0.29, 0.717) is 17.7 Å². The maximum absolute atomic E-state index is 13.1. The second-order valence-corrected chi connectivity index (χ2v) is 7.33. The van der Waals surface area contributed by atoms with Crippen molar-refractivity contribution in [3.05, 3.63) is 39.7 Å². The van der Waals surface area contributed by atoms with Gasteiger partial charge in [-0.1, -0.05) is 6.92 Å². The fraction of sp³-hybridized carbons (Fsp3) is 0.389. The zero-order valence-corrected chi connectivity index (χ0v) is 17.6. The number of ether oxygens (including phenoxy) is 1. The zero-order chi connectivity index (χ0) is 20.3. The van der Waals surface area contributed by atoms with Crippen LogP contribution >= 0.6 is 23.4 Å². The Morgan fingerprint density at radius 3 is 2.71 bits per heavy atom. The number of aromatic nitrogens is 5. The van der Waals surface area contributed by atoms with Gasteiger partial charge in [0.15, 0.2) is 17.0 Å². The summed E-state index contributed by atoms with van der Waals surface area (Å²) in [6.45, 7) is 4.29.